The molecule has 1 fully saturated rings. The monoisotopic (exact) mass is 243 g/mol. The number of oxime groups is 1. The first-order chi connectivity index (χ1) is 7.99. The molecule has 0 spiro atoms. The zero-order valence-electron chi connectivity index (χ0n) is 9.76. The smallest absolute Gasteiger partial charge is 0.407 e. The second-order valence-corrected chi connectivity index (χ2v) is 4.08. The van der Waals surface area contributed by atoms with E-state index < -0.39 is 12.1 Å². The van der Waals surface area contributed by atoms with E-state index in [1.165, 1.54) is 11.8 Å². The lowest BCUT2D eigenvalue weighted by atomic mass is 9.93. The summed E-state index contributed by atoms with van der Waals surface area (Å²) >= 11 is 0. The van der Waals surface area contributed by atoms with Crippen LogP contribution in [0.3, 0.4) is 0 Å². The van der Waals surface area contributed by atoms with Gasteiger partial charge < -0.3 is 20.6 Å². The number of nitrogens with zero attached hydrogens (tertiary/aromatic N) is 2. The van der Waals surface area contributed by atoms with Crippen LogP contribution >= 0.6 is 0 Å². The minimum atomic E-state index is -0.884. The molecule has 0 radical (unpaired) electrons. The van der Waals surface area contributed by atoms with E-state index in [2.05, 4.69) is 9.99 Å². The fraction of sp³-hybridized carbons (Fsp3) is 0.700. The van der Waals surface area contributed by atoms with Crippen molar-refractivity contribution in [2.24, 2.45) is 16.8 Å². The zero-order chi connectivity index (χ0) is 12.8. The van der Waals surface area contributed by atoms with E-state index in [0.717, 1.165) is 12.8 Å². The highest BCUT2D eigenvalue weighted by molar-refractivity contribution is 5.81. The molecule has 0 unspecified atom stereocenters. The van der Waals surface area contributed by atoms with Crippen LogP contribution in [0.2, 0.25) is 0 Å². The van der Waals surface area contributed by atoms with Gasteiger partial charge >= 0.3 is 12.1 Å². The lowest BCUT2D eigenvalue weighted by Gasteiger charge is -2.29. The van der Waals surface area contributed by atoms with Gasteiger partial charge in [0.1, 0.15) is 5.84 Å². The predicted molar refractivity (Wildman–Crippen MR) is 60.3 cm³/mol. The third kappa shape index (κ3) is 4.71. The van der Waals surface area contributed by atoms with Crippen molar-refractivity contribution in [1.29, 1.82) is 0 Å². The highest BCUT2D eigenvalue weighted by atomic mass is 16.7. The summed E-state index contributed by atoms with van der Waals surface area (Å²) in [4.78, 5) is 27.0. The fourth-order valence-electron chi connectivity index (χ4n) is 1.78. The van der Waals surface area contributed by atoms with Gasteiger partial charge in [0.25, 0.3) is 0 Å². The molecular weight excluding hydrogens is 226 g/mol. The van der Waals surface area contributed by atoms with E-state index in [1.807, 2.05) is 0 Å². The first-order valence-electron chi connectivity index (χ1n) is 5.47. The predicted octanol–water partition coefficient (Wildman–Crippen LogP) is 0.602. The summed E-state index contributed by atoms with van der Waals surface area (Å²) < 4.78 is 0. The Morgan fingerprint density at radius 3 is 2.53 bits per heavy atom. The van der Waals surface area contributed by atoms with Gasteiger partial charge in [-0.25, -0.2) is 9.59 Å². The van der Waals surface area contributed by atoms with Gasteiger partial charge in [0.15, 0.2) is 0 Å². The van der Waals surface area contributed by atoms with Gasteiger partial charge in [-0.15, -0.1) is 0 Å². The molecule has 0 bridgehead atoms. The summed E-state index contributed by atoms with van der Waals surface area (Å²) in [6.07, 6.45) is 1.15. The van der Waals surface area contributed by atoms with Gasteiger partial charge in [0.05, 0.1) is 0 Å². The molecule has 96 valence electrons. The summed E-state index contributed by atoms with van der Waals surface area (Å²) in [6, 6.07) is 0. The molecule has 0 atom stereocenters. The quantitative estimate of drug-likeness (QED) is 0.327. The molecule has 3 N–H and O–H groups in total. The van der Waals surface area contributed by atoms with Crippen molar-refractivity contribution in [3.8, 4) is 0 Å². The summed E-state index contributed by atoms with van der Waals surface area (Å²) in [5.41, 5.74) is 5.59. The largest absolute Gasteiger partial charge is 0.465 e. The Hall–Kier alpha value is -1.79. The maximum atomic E-state index is 10.7. The lowest BCUT2D eigenvalue weighted by molar-refractivity contribution is -0.141. The van der Waals surface area contributed by atoms with Crippen molar-refractivity contribution in [3.63, 3.8) is 0 Å². The maximum Gasteiger partial charge on any atom is 0.407 e. The Labute approximate surface area is 99.2 Å². The average Bonchev–Trinajstić information content (AvgIpc) is 2.27. The molecule has 0 aromatic rings. The number of carbonyl (C=O) groups excluding carboxylic acids is 1. The van der Waals surface area contributed by atoms with Gasteiger partial charge in [-0.05, 0) is 18.8 Å². The molecule has 1 aliphatic rings. The van der Waals surface area contributed by atoms with Crippen LogP contribution in [0.5, 0.6) is 0 Å². The minimum Gasteiger partial charge on any atom is -0.465 e. The number of hydrogen-bond donors (Lipinski definition) is 2. The van der Waals surface area contributed by atoms with Crippen LogP contribution in [0.15, 0.2) is 5.16 Å². The van der Waals surface area contributed by atoms with Gasteiger partial charge in [-0.1, -0.05) is 5.16 Å². The van der Waals surface area contributed by atoms with E-state index in [1.54, 1.807) is 0 Å². The standard InChI is InChI=1S/C10H17N3O4/c1-7(14)17-12-9(11)6-8-2-4-13(5-3-8)10(15)16/h8H,2-6H2,1H3,(H2,11,12)(H,15,16). The van der Waals surface area contributed by atoms with E-state index in [4.69, 9.17) is 10.8 Å². The van der Waals surface area contributed by atoms with Crippen LogP contribution < -0.4 is 5.73 Å². The molecule has 7 heteroatoms. The van der Waals surface area contributed by atoms with Gasteiger partial charge in [0.2, 0.25) is 0 Å². The van der Waals surface area contributed by atoms with Crippen molar-refractivity contribution in [2.75, 3.05) is 13.1 Å². The second kappa shape index (κ2) is 6.07. The van der Waals surface area contributed by atoms with Gasteiger partial charge in [-0.2, -0.15) is 0 Å². The topological polar surface area (TPSA) is 105 Å². The average molecular weight is 243 g/mol. The summed E-state index contributed by atoms with van der Waals surface area (Å²) in [7, 11) is 0. The zero-order valence-corrected chi connectivity index (χ0v) is 9.76. The van der Waals surface area contributed by atoms with Crippen molar-refractivity contribution < 1.29 is 19.5 Å². The number of rotatable bonds is 3. The van der Waals surface area contributed by atoms with Crippen LogP contribution in [0.25, 0.3) is 0 Å². The fourth-order valence-corrected chi connectivity index (χ4v) is 1.78. The van der Waals surface area contributed by atoms with Crippen LogP contribution in [-0.2, 0) is 9.63 Å². The van der Waals surface area contributed by atoms with Crippen LogP contribution in [0.4, 0.5) is 4.79 Å². The van der Waals surface area contributed by atoms with Crippen molar-refractivity contribution in [3.05, 3.63) is 0 Å². The first kappa shape index (κ1) is 13.3. The number of likely N-dealkylation sites (tertiary alicyclic amines) is 1. The van der Waals surface area contributed by atoms with Gasteiger partial charge in [0, 0.05) is 26.4 Å². The first-order valence-corrected chi connectivity index (χ1v) is 5.47. The second-order valence-electron chi connectivity index (χ2n) is 4.08. The molecule has 0 aromatic heterocycles. The molecular formula is C10H17N3O4. The molecule has 0 saturated carbocycles. The maximum absolute atomic E-state index is 10.7. The Balaban J connectivity index is 2.32. The molecule has 0 aromatic carbocycles. The minimum absolute atomic E-state index is 0.272. The summed E-state index contributed by atoms with van der Waals surface area (Å²) in [6.45, 7) is 2.28. The Kier molecular flexibility index (Phi) is 4.74. The van der Waals surface area contributed by atoms with Crippen molar-refractivity contribution >= 4 is 17.9 Å². The Morgan fingerprint density at radius 2 is 2.06 bits per heavy atom. The number of hydrogen-bond acceptors (Lipinski definition) is 4. The van der Waals surface area contributed by atoms with E-state index in [9.17, 15) is 9.59 Å². The molecule has 1 saturated heterocycles. The molecule has 1 amide bonds. The number of nitrogens with two attached hydrogens (primary N) is 1. The highest BCUT2D eigenvalue weighted by Gasteiger charge is 2.22. The number of piperidine rings is 1. The molecule has 1 heterocycles. The molecule has 0 aliphatic carbocycles. The van der Waals surface area contributed by atoms with Crippen LogP contribution in [0.1, 0.15) is 26.2 Å². The van der Waals surface area contributed by atoms with Crippen molar-refractivity contribution in [2.45, 2.75) is 26.2 Å². The normalized spacial score (nSPS) is 17.9. The third-order valence-corrected chi connectivity index (χ3v) is 2.67. The van der Waals surface area contributed by atoms with E-state index in [-0.39, 0.29) is 5.84 Å². The third-order valence-electron chi connectivity index (χ3n) is 2.67. The molecule has 1 aliphatic heterocycles. The van der Waals surface area contributed by atoms with E-state index >= 15 is 0 Å². The number of amidine groups is 1. The molecule has 17 heavy (non-hydrogen) atoms. The molecule has 7 nitrogen and oxygen atoms in total. The summed E-state index contributed by atoms with van der Waals surface area (Å²) in [5.74, 6) is 0.0625. The number of amides is 1. The Bertz CT molecular complexity index is 322. The lowest BCUT2D eigenvalue weighted by Crippen LogP contribution is -2.38. The number of carboxylic acid groups (broad SMARTS) is 1. The highest BCUT2D eigenvalue weighted by Crippen LogP contribution is 2.20. The van der Waals surface area contributed by atoms with Gasteiger partial charge in [-0.3, -0.25) is 0 Å². The van der Waals surface area contributed by atoms with Crippen LogP contribution in [-0.4, -0.2) is 41.0 Å². The number of carbonyl (C=O) groups is 2. The van der Waals surface area contributed by atoms with Crippen molar-refractivity contribution in [1.82, 2.24) is 4.90 Å². The molecule has 1 rings (SSSR count). The SMILES string of the molecule is CC(=O)O/N=C(/N)CC1CCN(C(=O)O)CC1. The summed E-state index contributed by atoms with van der Waals surface area (Å²) in [5, 5.41) is 12.3. The van der Waals surface area contributed by atoms with Crippen LogP contribution in [0, 0.1) is 5.92 Å². The Morgan fingerprint density at radius 1 is 1.47 bits per heavy atom. The van der Waals surface area contributed by atoms with E-state index in [0.29, 0.717) is 25.4 Å².